The third-order valence-electron chi connectivity index (χ3n) is 1.42. The second-order valence-electron chi connectivity index (χ2n) is 3.33. The predicted molar refractivity (Wildman–Crippen MR) is 47.8 cm³/mol. The van der Waals surface area contributed by atoms with E-state index >= 15 is 0 Å². The van der Waals surface area contributed by atoms with Crippen LogP contribution in [0, 0.1) is 5.92 Å². The topological polar surface area (TPSA) is 52.6 Å². The quantitative estimate of drug-likeness (QED) is 0.579. The molecule has 1 unspecified atom stereocenters. The highest BCUT2D eigenvalue weighted by molar-refractivity contribution is 5.77. The first-order chi connectivity index (χ1) is 5.56. The summed E-state index contributed by atoms with van der Waals surface area (Å²) in [6, 6.07) is 0. The SMILES string of the molecule is CC(CO)CNC(=O)CN(C)C. The van der Waals surface area contributed by atoms with E-state index in [1.54, 1.807) is 4.90 Å². The summed E-state index contributed by atoms with van der Waals surface area (Å²) < 4.78 is 0. The maximum Gasteiger partial charge on any atom is 0.234 e. The molecule has 4 heteroatoms. The second-order valence-corrected chi connectivity index (χ2v) is 3.33. The summed E-state index contributed by atoms with van der Waals surface area (Å²) in [5, 5.41) is 11.4. The summed E-state index contributed by atoms with van der Waals surface area (Å²) in [5.41, 5.74) is 0. The number of carbonyl (C=O) groups is 1. The number of hydrogen-bond acceptors (Lipinski definition) is 3. The Balaban J connectivity index is 3.44. The molecule has 4 nitrogen and oxygen atoms in total. The summed E-state index contributed by atoms with van der Waals surface area (Å²) in [5.74, 6) is 0.136. The molecule has 0 saturated heterocycles. The molecule has 0 radical (unpaired) electrons. The van der Waals surface area contributed by atoms with Crippen molar-refractivity contribution in [1.82, 2.24) is 10.2 Å². The highest BCUT2D eigenvalue weighted by atomic mass is 16.3. The molecule has 0 aliphatic carbocycles. The van der Waals surface area contributed by atoms with Crippen LogP contribution in [0.2, 0.25) is 0 Å². The number of rotatable bonds is 5. The van der Waals surface area contributed by atoms with Crippen LogP contribution in [0.3, 0.4) is 0 Å². The average molecular weight is 174 g/mol. The van der Waals surface area contributed by atoms with E-state index in [0.29, 0.717) is 13.1 Å². The Kier molecular flexibility index (Phi) is 5.66. The molecule has 0 bridgehead atoms. The first kappa shape index (κ1) is 11.4. The normalized spacial score (nSPS) is 13.1. The first-order valence-corrected chi connectivity index (χ1v) is 4.08. The Morgan fingerprint density at radius 1 is 1.58 bits per heavy atom. The zero-order valence-corrected chi connectivity index (χ0v) is 8.00. The molecule has 2 N–H and O–H groups in total. The van der Waals surface area contributed by atoms with Gasteiger partial charge in [-0.2, -0.15) is 0 Å². The maximum absolute atomic E-state index is 11.0. The Labute approximate surface area is 73.6 Å². The van der Waals surface area contributed by atoms with Gasteiger partial charge in [0.25, 0.3) is 0 Å². The molecule has 1 atom stereocenters. The summed E-state index contributed by atoms with van der Waals surface area (Å²) in [7, 11) is 3.68. The van der Waals surface area contributed by atoms with Gasteiger partial charge in [0.2, 0.25) is 5.91 Å². The molecule has 0 aliphatic heterocycles. The van der Waals surface area contributed by atoms with Crippen LogP contribution in [0.1, 0.15) is 6.92 Å². The molecule has 0 rings (SSSR count). The van der Waals surface area contributed by atoms with Crippen molar-refractivity contribution in [2.24, 2.45) is 5.92 Å². The Hall–Kier alpha value is -0.610. The van der Waals surface area contributed by atoms with Gasteiger partial charge in [-0.1, -0.05) is 6.92 Å². The van der Waals surface area contributed by atoms with Gasteiger partial charge in [0.15, 0.2) is 0 Å². The highest BCUT2D eigenvalue weighted by Crippen LogP contribution is 1.88. The second kappa shape index (κ2) is 5.97. The van der Waals surface area contributed by atoms with Crippen LogP contribution >= 0.6 is 0 Å². The monoisotopic (exact) mass is 174 g/mol. The first-order valence-electron chi connectivity index (χ1n) is 4.08. The Morgan fingerprint density at radius 2 is 2.17 bits per heavy atom. The van der Waals surface area contributed by atoms with Gasteiger partial charge < -0.3 is 15.3 Å². The number of hydrogen-bond donors (Lipinski definition) is 2. The van der Waals surface area contributed by atoms with Crippen LogP contribution < -0.4 is 5.32 Å². The molecule has 12 heavy (non-hydrogen) atoms. The van der Waals surface area contributed by atoms with Crippen molar-refractivity contribution in [2.75, 3.05) is 33.8 Å². The largest absolute Gasteiger partial charge is 0.396 e. The van der Waals surface area contributed by atoms with Crippen LogP contribution in [-0.4, -0.2) is 49.7 Å². The predicted octanol–water partition coefficient (Wildman–Crippen LogP) is -0.707. The molecular weight excluding hydrogens is 156 g/mol. The fourth-order valence-corrected chi connectivity index (χ4v) is 0.696. The fourth-order valence-electron chi connectivity index (χ4n) is 0.696. The number of aliphatic hydroxyl groups excluding tert-OH is 1. The number of nitrogens with one attached hydrogen (secondary N) is 1. The standard InChI is InChI=1S/C8H18N2O2/c1-7(6-11)4-9-8(12)5-10(2)3/h7,11H,4-6H2,1-3H3,(H,9,12). The number of likely N-dealkylation sites (N-methyl/N-ethyl adjacent to an activating group) is 1. The Morgan fingerprint density at radius 3 is 2.58 bits per heavy atom. The molecule has 0 spiro atoms. The van der Waals surface area contributed by atoms with Crippen LogP contribution in [0.4, 0.5) is 0 Å². The minimum absolute atomic E-state index is 0.000278. The minimum Gasteiger partial charge on any atom is -0.396 e. The minimum atomic E-state index is 0.000278. The van der Waals surface area contributed by atoms with Crippen molar-refractivity contribution in [3.05, 3.63) is 0 Å². The molecule has 1 amide bonds. The molecular formula is C8H18N2O2. The number of amides is 1. The van der Waals surface area contributed by atoms with Gasteiger partial charge in [-0.3, -0.25) is 4.79 Å². The highest BCUT2D eigenvalue weighted by Gasteiger charge is 2.04. The molecule has 72 valence electrons. The van der Waals surface area contributed by atoms with Gasteiger partial charge in [-0.05, 0) is 20.0 Å². The van der Waals surface area contributed by atoms with E-state index in [1.165, 1.54) is 0 Å². The summed E-state index contributed by atoms with van der Waals surface area (Å²) >= 11 is 0. The van der Waals surface area contributed by atoms with Gasteiger partial charge >= 0.3 is 0 Å². The van der Waals surface area contributed by atoms with E-state index in [-0.39, 0.29) is 18.4 Å². The third-order valence-corrected chi connectivity index (χ3v) is 1.42. The zero-order chi connectivity index (χ0) is 9.56. The Bertz CT molecular complexity index is 137. The summed E-state index contributed by atoms with van der Waals surface area (Å²) in [6.07, 6.45) is 0. The van der Waals surface area contributed by atoms with E-state index in [1.807, 2.05) is 21.0 Å². The molecule has 0 saturated carbocycles. The van der Waals surface area contributed by atoms with Gasteiger partial charge in [-0.15, -0.1) is 0 Å². The van der Waals surface area contributed by atoms with Crippen molar-refractivity contribution in [3.63, 3.8) is 0 Å². The number of carbonyl (C=O) groups excluding carboxylic acids is 1. The lowest BCUT2D eigenvalue weighted by Gasteiger charge is -2.12. The van der Waals surface area contributed by atoms with E-state index in [4.69, 9.17) is 5.11 Å². The zero-order valence-electron chi connectivity index (χ0n) is 8.00. The molecule has 0 aromatic carbocycles. The van der Waals surface area contributed by atoms with Gasteiger partial charge in [0, 0.05) is 13.2 Å². The van der Waals surface area contributed by atoms with E-state index in [2.05, 4.69) is 5.32 Å². The lowest BCUT2D eigenvalue weighted by atomic mass is 10.2. The van der Waals surface area contributed by atoms with Crippen molar-refractivity contribution in [2.45, 2.75) is 6.92 Å². The van der Waals surface area contributed by atoms with E-state index < -0.39 is 0 Å². The van der Waals surface area contributed by atoms with Crippen LogP contribution in [0.25, 0.3) is 0 Å². The van der Waals surface area contributed by atoms with Crippen molar-refractivity contribution in [1.29, 1.82) is 0 Å². The van der Waals surface area contributed by atoms with E-state index in [9.17, 15) is 4.79 Å². The smallest absolute Gasteiger partial charge is 0.234 e. The summed E-state index contributed by atoms with van der Waals surface area (Å²) in [4.78, 5) is 12.8. The maximum atomic E-state index is 11.0. The van der Waals surface area contributed by atoms with Crippen molar-refractivity contribution < 1.29 is 9.90 Å². The number of aliphatic hydroxyl groups is 1. The molecule has 0 aliphatic rings. The third kappa shape index (κ3) is 6.12. The van der Waals surface area contributed by atoms with Gasteiger partial charge in [-0.25, -0.2) is 0 Å². The van der Waals surface area contributed by atoms with Crippen LogP contribution in [0.15, 0.2) is 0 Å². The van der Waals surface area contributed by atoms with Crippen LogP contribution in [0.5, 0.6) is 0 Å². The fraction of sp³-hybridized carbons (Fsp3) is 0.875. The van der Waals surface area contributed by atoms with Crippen molar-refractivity contribution >= 4 is 5.91 Å². The number of nitrogens with zero attached hydrogens (tertiary/aromatic N) is 1. The van der Waals surface area contributed by atoms with Gasteiger partial charge in [0.1, 0.15) is 0 Å². The van der Waals surface area contributed by atoms with Crippen molar-refractivity contribution in [3.8, 4) is 0 Å². The molecule has 0 aromatic rings. The average Bonchev–Trinajstić information content (AvgIpc) is 1.99. The lowest BCUT2D eigenvalue weighted by molar-refractivity contribution is -0.121. The molecule has 0 fully saturated rings. The van der Waals surface area contributed by atoms with Crippen LogP contribution in [-0.2, 0) is 4.79 Å². The lowest BCUT2D eigenvalue weighted by Crippen LogP contribution is -2.36. The molecule has 0 heterocycles. The summed E-state index contributed by atoms with van der Waals surface area (Å²) in [6.45, 7) is 2.94. The molecule has 0 aromatic heterocycles. The van der Waals surface area contributed by atoms with Gasteiger partial charge in [0.05, 0.1) is 6.54 Å². The van der Waals surface area contributed by atoms with E-state index in [0.717, 1.165) is 0 Å².